The Labute approximate surface area is 422 Å². The van der Waals surface area contributed by atoms with Crippen molar-refractivity contribution in [1.82, 2.24) is 0 Å². The predicted molar refractivity (Wildman–Crippen MR) is 310 cm³/mol. The summed E-state index contributed by atoms with van der Waals surface area (Å²) in [5, 5.41) is 7.80. The Morgan fingerprint density at radius 2 is 0.761 bits per heavy atom. The molecule has 2 heterocycles. The molecule has 0 aliphatic carbocycles. The Morgan fingerprint density at radius 3 is 1.30 bits per heavy atom. The molecule has 0 atom stereocenters. The molecule has 2 nitrogen and oxygen atoms in total. The Balaban J connectivity index is 1.21. The van der Waals surface area contributed by atoms with Crippen molar-refractivity contribution in [3.05, 3.63) is 198 Å². The lowest BCUT2D eigenvalue weighted by molar-refractivity contribution is 0.590. The van der Waals surface area contributed by atoms with Crippen molar-refractivity contribution in [2.45, 2.75) is 105 Å². The summed E-state index contributed by atoms with van der Waals surface area (Å²) >= 11 is 0. The first kappa shape index (κ1) is 45.1. The van der Waals surface area contributed by atoms with Gasteiger partial charge in [-0.2, -0.15) is 0 Å². The zero-order chi connectivity index (χ0) is 49.5. The number of nitrogens with zero attached hydrogens (tertiary/aromatic N) is 2. The quantitative estimate of drug-likeness (QED) is 0.128. The molecule has 350 valence electrons. The first-order chi connectivity index (χ1) is 33.7. The number of benzene rings is 10. The van der Waals surface area contributed by atoms with Crippen LogP contribution in [0.2, 0.25) is 0 Å². The summed E-state index contributed by atoms with van der Waals surface area (Å²) < 4.78 is 0. The fourth-order valence-electron chi connectivity index (χ4n) is 11.7. The lowest BCUT2D eigenvalue weighted by atomic mass is 9.33. The third kappa shape index (κ3) is 7.37. The van der Waals surface area contributed by atoms with Crippen molar-refractivity contribution >= 4 is 89.5 Å². The van der Waals surface area contributed by atoms with Crippen LogP contribution in [0.15, 0.2) is 176 Å². The number of rotatable bonds is 4. The summed E-state index contributed by atoms with van der Waals surface area (Å²) in [6, 6.07) is 68.3. The third-order valence-electron chi connectivity index (χ3n) is 15.8. The molecule has 2 aliphatic heterocycles. The van der Waals surface area contributed by atoms with Gasteiger partial charge in [0.2, 0.25) is 0 Å². The molecule has 0 spiro atoms. The van der Waals surface area contributed by atoms with Crippen LogP contribution in [0.5, 0.6) is 0 Å². The van der Waals surface area contributed by atoms with Gasteiger partial charge in [0.1, 0.15) is 0 Å². The van der Waals surface area contributed by atoms with E-state index in [9.17, 15) is 0 Å². The normalized spacial score (nSPS) is 13.8. The highest BCUT2D eigenvalue weighted by Gasteiger charge is 2.45. The van der Waals surface area contributed by atoms with Gasteiger partial charge in [0, 0.05) is 34.0 Å². The Morgan fingerprint density at radius 1 is 0.310 bits per heavy atom. The molecule has 10 aromatic carbocycles. The largest absolute Gasteiger partial charge is 0.311 e. The smallest absolute Gasteiger partial charge is 0.252 e. The van der Waals surface area contributed by atoms with E-state index in [0.717, 1.165) is 0 Å². The fraction of sp³-hybridized carbons (Fsp3) is 0.235. The van der Waals surface area contributed by atoms with Crippen molar-refractivity contribution in [1.29, 1.82) is 0 Å². The Hall–Kier alpha value is -7.10. The van der Waals surface area contributed by atoms with Crippen LogP contribution in [0.4, 0.5) is 34.1 Å². The van der Waals surface area contributed by atoms with E-state index < -0.39 is 0 Å². The predicted octanol–water partition coefficient (Wildman–Crippen LogP) is 17.2. The first-order valence-electron chi connectivity index (χ1n) is 25.8. The lowest BCUT2D eigenvalue weighted by Crippen LogP contribution is -2.61. The molecule has 0 fully saturated rings. The summed E-state index contributed by atoms with van der Waals surface area (Å²) in [4.78, 5) is 5.23. The van der Waals surface area contributed by atoms with Crippen molar-refractivity contribution in [3.63, 3.8) is 0 Å². The average molecular weight is 921 g/mol. The summed E-state index contributed by atoms with van der Waals surface area (Å²) in [5.74, 6) is 0. The van der Waals surface area contributed by atoms with Gasteiger partial charge in [-0.1, -0.05) is 198 Å². The summed E-state index contributed by atoms with van der Waals surface area (Å²) in [6.45, 7) is 28.0. The minimum absolute atomic E-state index is 0.0178. The summed E-state index contributed by atoms with van der Waals surface area (Å²) in [5.41, 5.74) is 21.3. The van der Waals surface area contributed by atoms with Crippen LogP contribution in [0.25, 0.3) is 54.6 Å². The Bertz CT molecular complexity index is 3680. The summed E-state index contributed by atoms with van der Waals surface area (Å²) in [7, 11) is 0. The number of hydrogen-bond acceptors (Lipinski definition) is 2. The van der Waals surface area contributed by atoms with Crippen LogP contribution in [0, 0.1) is 0 Å². The number of hydrogen-bond donors (Lipinski definition) is 0. The molecule has 0 saturated carbocycles. The molecular weight excluding hydrogens is 856 g/mol. The highest BCUT2D eigenvalue weighted by molar-refractivity contribution is 7.00. The minimum atomic E-state index is -0.0696. The van der Waals surface area contributed by atoms with E-state index in [1.807, 2.05) is 0 Å². The van der Waals surface area contributed by atoms with Gasteiger partial charge in [-0.25, -0.2) is 0 Å². The highest BCUT2D eigenvalue weighted by atomic mass is 15.2. The summed E-state index contributed by atoms with van der Waals surface area (Å²) in [6.07, 6.45) is 0. The van der Waals surface area contributed by atoms with E-state index in [-0.39, 0.29) is 28.4 Å². The zero-order valence-electron chi connectivity index (χ0n) is 43.7. The van der Waals surface area contributed by atoms with Crippen molar-refractivity contribution in [3.8, 4) is 22.3 Å². The average Bonchev–Trinajstić information content (AvgIpc) is 3.34. The number of anilines is 6. The topological polar surface area (TPSA) is 6.48 Å². The fourth-order valence-corrected chi connectivity index (χ4v) is 11.7. The second-order valence-electron chi connectivity index (χ2n) is 24.7. The van der Waals surface area contributed by atoms with E-state index in [0.29, 0.717) is 0 Å². The van der Waals surface area contributed by atoms with Crippen LogP contribution >= 0.6 is 0 Å². The molecule has 0 amide bonds. The second-order valence-corrected chi connectivity index (χ2v) is 24.7. The maximum Gasteiger partial charge on any atom is 0.252 e. The SMILES string of the molecule is CC(C)(C)c1ccc(N2c3ccc(C(C)(C)C)cc3B3c4cc(C(C)(C)C)ccc4N(c4ccc(C(C)(C)C)cc4-c4cc5ccc6cccc7ccc(c4)c5c67)c4cc(-c5ccccc5)cc2c43)cc1. The second kappa shape index (κ2) is 15.7. The van der Waals surface area contributed by atoms with E-state index in [2.05, 4.69) is 269 Å². The van der Waals surface area contributed by atoms with E-state index >= 15 is 0 Å². The highest BCUT2D eigenvalue weighted by Crippen LogP contribution is 2.50. The van der Waals surface area contributed by atoms with Crippen molar-refractivity contribution in [2.24, 2.45) is 0 Å². The standard InChI is InChI=1S/C68H65BN2/c1-65(2,3)49-25-30-53(31-26-49)70-58-33-28-51(67(7,8)9)40-55(58)69-56-41-52(68(10,11)12)29-34-59(56)71(61-38-47(37-60(70)64(61)69)42-17-14-13-15-18-42)57-32-27-50(66(4,5)6)39-54(57)48-35-45-23-21-43-19-16-20-44-22-24-46(36-48)63(45)62(43)44/h13-41H,1-12H3. The van der Waals surface area contributed by atoms with Gasteiger partial charge >= 0.3 is 0 Å². The number of fused-ring (bicyclic) bond motifs is 4. The van der Waals surface area contributed by atoms with Crippen LogP contribution in [-0.4, -0.2) is 6.71 Å². The first-order valence-corrected chi connectivity index (χ1v) is 25.8. The maximum absolute atomic E-state index is 2.65. The van der Waals surface area contributed by atoms with E-state index in [1.54, 1.807) is 0 Å². The van der Waals surface area contributed by atoms with Crippen LogP contribution in [0.3, 0.4) is 0 Å². The maximum atomic E-state index is 2.65. The molecule has 10 aromatic rings. The Kier molecular flexibility index (Phi) is 9.97. The van der Waals surface area contributed by atoms with Gasteiger partial charge in [0.25, 0.3) is 6.71 Å². The lowest BCUT2D eigenvalue weighted by Gasteiger charge is -2.45. The molecular formula is C68H65BN2. The molecule has 0 N–H and O–H groups in total. The van der Waals surface area contributed by atoms with Crippen molar-refractivity contribution < 1.29 is 0 Å². The van der Waals surface area contributed by atoms with E-state index in [1.165, 1.54) is 127 Å². The minimum Gasteiger partial charge on any atom is -0.311 e. The molecule has 3 heteroatoms. The molecule has 2 aliphatic rings. The van der Waals surface area contributed by atoms with Gasteiger partial charge in [-0.15, -0.1) is 0 Å². The van der Waals surface area contributed by atoms with Gasteiger partial charge in [-0.05, 0) is 170 Å². The van der Waals surface area contributed by atoms with Gasteiger partial charge < -0.3 is 9.80 Å². The molecule has 0 radical (unpaired) electrons. The van der Waals surface area contributed by atoms with Crippen LogP contribution < -0.4 is 26.2 Å². The molecule has 0 unspecified atom stereocenters. The van der Waals surface area contributed by atoms with Crippen LogP contribution in [-0.2, 0) is 21.7 Å². The molecule has 12 rings (SSSR count). The van der Waals surface area contributed by atoms with Gasteiger partial charge in [0.15, 0.2) is 0 Å². The van der Waals surface area contributed by atoms with Gasteiger partial charge in [0.05, 0.1) is 5.69 Å². The molecule has 71 heavy (non-hydrogen) atoms. The monoisotopic (exact) mass is 921 g/mol. The molecule has 0 bridgehead atoms. The molecule has 0 aromatic heterocycles. The zero-order valence-corrected chi connectivity index (χ0v) is 43.7. The van der Waals surface area contributed by atoms with E-state index in [4.69, 9.17) is 0 Å². The van der Waals surface area contributed by atoms with Crippen LogP contribution in [0.1, 0.15) is 105 Å². The molecule has 0 saturated heterocycles. The third-order valence-corrected chi connectivity index (χ3v) is 15.8. The van der Waals surface area contributed by atoms with Gasteiger partial charge in [-0.3, -0.25) is 0 Å². The van der Waals surface area contributed by atoms with Crippen molar-refractivity contribution in [2.75, 3.05) is 9.80 Å².